The second-order valence-electron chi connectivity index (χ2n) is 16.7. The summed E-state index contributed by atoms with van der Waals surface area (Å²) in [5.41, 5.74) is 10.0. The number of carboxylic acids is 1. The fourth-order valence-electron chi connectivity index (χ4n) is 8.27. The highest BCUT2D eigenvalue weighted by atomic mass is 32.2. The first-order valence-corrected chi connectivity index (χ1v) is 24.3. The van der Waals surface area contributed by atoms with Gasteiger partial charge in [-0.3, -0.25) is 9.59 Å². The number of carbonyl (C=O) groups is 4. The van der Waals surface area contributed by atoms with E-state index in [0.717, 1.165) is 74.7 Å². The normalized spacial score (nSPS) is 16.9. The zero-order chi connectivity index (χ0) is 49.2. The summed E-state index contributed by atoms with van der Waals surface area (Å²) in [4.78, 5) is 62.3. The number of hydrogen-bond donors (Lipinski definition) is 3. The highest BCUT2D eigenvalue weighted by Crippen LogP contribution is 2.42. The van der Waals surface area contributed by atoms with Crippen LogP contribution in [0.5, 0.6) is 0 Å². The Balaban J connectivity index is 0.000000202. The van der Waals surface area contributed by atoms with Crippen LogP contribution in [0.4, 0.5) is 11.4 Å². The molecule has 0 unspecified atom stereocenters. The summed E-state index contributed by atoms with van der Waals surface area (Å²) in [6, 6.07) is 17.0. The molecule has 4 heterocycles. The van der Waals surface area contributed by atoms with Crippen LogP contribution in [0, 0.1) is 0 Å². The Labute approximate surface area is 394 Å². The van der Waals surface area contributed by atoms with Gasteiger partial charge in [-0.15, -0.1) is 0 Å². The minimum atomic E-state index is -3.55. The van der Waals surface area contributed by atoms with Crippen LogP contribution >= 0.6 is 0 Å². The van der Waals surface area contributed by atoms with Crippen molar-refractivity contribution in [1.82, 2.24) is 18.4 Å². The minimum Gasteiger partial charge on any atom is -0.479 e. The first-order chi connectivity index (χ1) is 32.2. The molecule has 0 saturated carbocycles. The van der Waals surface area contributed by atoms with E-state index in [1.807, 2.05) is 26.2 Å². The van der Waals surface area contributed by atoms with E-state index in [2.05, 4.69) is 30.7 Å². The standard InChI is InChI=1S/C24H28N4O6S.C22H24N4O6S/c1-5-33-21(29)14-34-26-23-19-12-18(15-6-8-16(9-7-15)35(31,32)27(2)3)17-10-11-28(4)13-20(17)22(19)25-24(23)30;1-25(2)33(30,31)14-6-4-13(5-7-14)16-10-17-20(18-11-26(3)9-8-15(16)18)23-22(29)21(17)24-32-12-19(27)28/h6-9,12H,5,10-11,13-14H2,1-4H3,(H,25,26,30);4-7,10H,8-9,11-12H2,1-3H3,(H,27,28)(H,23,24,29). The number of nitrogens with one attached hydrogen (secondary N) is 2. The fourth-order valence-corrected chi connectivity index (χ4v) is 10.1. The first-order valence-electron chi connectivity index (χ1n) is 21.4. The molecular formula is C46H52N8O12S2. The molecule has 360 valence electrons. The summed E-state index contributed by atoms with van der Waals surface area (Å²) in [6.45, 7) is 3.79. The molecule has 0 saturated heterocycles. The van der Waals surface area contributed by atoms with Gasteiger partial charge in [-0.1, -0.05) is 34.6 Å². The molecule has 0 spiro atoms. The molecule has 68 heavy (non-hydrogen) atoms. The largest absolute Gasteiger partial charge is 0.479 e. The number of carbonyl (C=O) groups excluding carboxylic acids is 3. The van der Waals surface area contributed by atoms with E-state index in [-0.39, 0.29) is 27.8 Å². The molecule has 4 aliphatic rings. The smallest absolute Gasteiger partial charge is 0.347 e. The van der Waals surface area contributed by atoms with Crippen LogP contribution < -0.4 is 10.6 Å². The lowest BCUT2D eigenvalue weighted by Gasteiger charge is -2.29. The van der Waals surface area contributed by atoms with E-state index in [1.165, 1.54) is 32.5 Å². The molecule has 20 nitrogen and oxygen atoms in total. The van der Waals surface area contributed by atoms with Crippen LogP contribution in [0.3, 0.4) is 0 Å². The van der Waals surface area contributed by atoms with Gasteiger partial charge in [0.15, 0.2) is 11.4 Å². The number of anilines is 2. The number of ether oxygens (including phenoxy) is 1. The number of aliphatic carboxylic acids is 1. The van der Waals surface area contributed by atoms with Gasteiger partial charge < -0.3 is 40.0 Å². The number of hydrogen-bond acceptors (Lipinski definition) is 15. The zero-order valence-electron chi connectivity index (χ0n) is 38.6. The van der Waals surface area contributed by atoms with Crippen molar-refractivity contribution in [3.05, 3.63) is 94.0 Å². The SMILES string of the molecule is CCOC(=O)CO/N=C1\C(=O)Nc2c1cc(-c1ccc(S(=O)(=O)N(C)C)cc1)c1c2CN(C)CC1.CN1CCc2c(-c3ccc(S(=O)(=O)N(C)C)cc3)cc3c(c2C1)NC(=O)/C3=N\OCC(=O)O. The Morgan fingerprint density at radius 1 is 0.647 bits per heavy atom. The Bertz CT molecular complexity index is 2970. The molecule has 0 aromatic heterocycles. The highest BCUT2D eigenvalue weighted by Gasteiger charge is 2.36. The van der Waals surface area contributed by atoms with E-state index in [0.29, 0.717) is 35.6 Å². The maximum atomic E-state index is 12.7. The summed E-state index contributed by atoms with van der Waals surface area (Å²) >= 11 is 0. The second kappa shape index (κ2) is 20.0. The van der Waals surface area contributed by atoms with Crippen molar-refractivity contribution in [2.45, 2.75) is 42.6 Å². The van der Waals surface area contributed by atoms with Gasteiger partial charge in [-0.05, 0) is 115 Å². The number of fused-ring (bicyclic) bond motifs is 6. The Hall–Kier alpha value is -6.56. The number of amides is 2. The fraction of sp³-hybridized carbons (Fsp3) is 0.348. The number of sulfonamides is 2. The topological polar surface area (TPSA) is 246 Å². The van der Waals surface area contributed by atoms with E-state index < -0.39 is 57.0 Å². The van der Waals surface area contributed by atoms with Crippen molar-refractivity contribution in [3.63, 3.8) is 0 Å². The Morgan fingerprint density at radius 2 is 1.04 bits per heavy atom. The van der Waals surface area contributed by atoms with E-state index in [1.54, 1.807) is 55.5 Å². The molecule has 0 aliphatic carbocycles. The summed E-state index contributed by atoms with van der Waals surface area (Å²) in [5, 5.41) is 22.3. The van der Waals surface area contributed by atoms with Gasteiger partial charge in [0.05, 0.1) is 27.8 Å². The quantitative estimate of drug-likeness (QED) is 0.129. The lowest BCUT2D eigenvalue weighted by Crippen LogP contribution is -2.27. The van der Waals surface area contributed by atoms with Crippen molar-refractivity contribution >= 4 is 66.6 Å². The van der Waals surface area contributed by atoms with Crippen LogP contribution in [0.25, 0.3) is 22.3 Å². The number of esters is 1. The second-order valence-corrected chi connectivity index (χ2v) is 21.0. The van der Waals surface area contributed by atoms with Crippen LogP contribution in [0.2, 0.25) is 0 Å². The number of nitrogens with zero attached hydrogens (tertiary/aromatic N) is 6. The molecule has 4 aromatic carbocycles. The third-order valence-corrected chi connectivity index (χ3v) is 15.4. The average molecular weight is 973 g/mol. The van der Waals surface area contributed by atoms with Gasteiger partial charge in [-0.2, -0.15) is 0 Å². The predicted molar refractivity (Wildman–Crippen MR) is 252 cm³/mol. The summed E-state index contributed by atoms with van der Waals surface area (Å²) in [7, 11) is 2.84. The molecule has 22 heteroatoms. The predicted octanol–water partition coefficient (Wildman–Crippen LogP) is 3.18. The Kier molecular flexibility index (Phi) is 14.5. The monoisotopic (exact) mass is 972 g/mol. The highest BCUT2D eigenvalue weighted by molar-refractivity contribution is 7.89. The molecule has 0 fully saturated rings. The number of rotatable bonds is 13. The van der Waals surface area contributed by atoms with Crippen molar-refractivity contribution in [1.29, 1.82) is 0 Å². The average Bonchev–Trinajstić information content (AvgIpc) is 3.79. The van der Waals surface area contributed by atoms with Gasteiger partial charge in [0.25, 0.3) is 11.8 Å². The number of carboxylic acid groups (broad SMARTS) is 1. The molecule has 0 radical (unpaired) electrons. The van der Waals surface area contributed by atoms with Crippen LogP contribution in [0.15, 0.2) is 80.8 Å². The zero-order valence-corrected chi connectivity index (χ0v) is 40.2. The van der Waals surface area contributed by atoms with Crippen LogP contribution in [-0.2, 0) is 79.6 Å². The third-order valence-electron chi connectivity index (χ3n) is 11.7. The lowest BCUT2D eigenvalue weighted by atomic mass is 9.87. The Morgan fingerprint density at radius 3 is 1.41 bits per heavy atom. The lowest BCUT2D eigenvalue weighted by molar-refractivity contribution is -0.148. The molecule has 8 rings (SSSR count). The van der Waals surface area contributed by atoms with Crippen LogP contribution in [0.1, 0.15) is 40.3 Å². The molecule has 0 atom stereocenters. The van der Waals surface area contributed by atoms with Crippen molar-refractivity contribution in [2.24, 2.45) is 10.3 Å². The van der Waals surface area contributed by atoms with E-state index in [4.69, 9.17) is 19.5 Å². The van der Waals surface area contributed by atoms with Crippen molar-refractivity contribution < 1.29 is 55.5 Å². The third kappa shape index (κ3) is 10.0. The maximum Gasteiger partial charge on any atom is 0.347 e. The number of likely N-dealkylation sites (N-methyl/N-ethyl adjacent to an activating group) is 2. The van der Waals surface area contributed by atoms with Gasteiger partial charge in [-0.25, -0.2) is 35.0 Å². The maximum absolute atomic E-state index is 12.7. The number of oxime groups is 2. The molecule has 4 aliphatic heterocycles. The molecular weight excluding hydrogens is 921 g/mol. The van der Waals surface area contributed by atoms with Crippen molar-refractivity contribution in [3.8, 4) is 22.3 Å². The van der Waals surface area contributed by atoms with Gasteiger partial charge >= 0.3 is 11.9 Å². The summed E-state index contributed by atoms with van der Waals surface area (Å²) in [6.07, 6.45) is 1.53. The van der Waals surface area contributed by atoms with Gasteiger partial charge in [0, 0.05) is 65.5 Å². The molecule has 2 amide bonds. The summed E-state index contributed by atoms with van der Waals surface area (Å²) in [5.74, 6) is -2.64. The molecule has 3 N–H and O–H groups in total. The van der Waals surface area contributed by atoms with Gasteiger partial charge in [0.2, 0.25) is 33.3 Å². The van der Waals surface area contributed by atoms with Crippen LogP contribution in [-0.4, -0.2) is 151 Å². The molecule has 4 aromatic rings. The van der Waals surface area contributed by atoms with E-state index >= 15 is 0 Å². The summed E-state index contributed by atoms with van der Waals surface area (Å²) < 4.78 is 57.0. The van der Waals surface area contributed by atoms with Gasteiger partial charge in [0.1, 0.15) is 0 Å². The number of benzene rings is 4. The minimum absolute atomic E-state index is 0.00957. The molecule has 0 bridgehead atoms. The van der Waals surface area contributed by atoms with Crippen molar-refractivity contribution in [2.75, 3.05) is 85.8 Å². The first kappa shape index (κ1) is 49.3. The van der Waals surface area contributed by atoms with E-state index in [9.17, 15) is 36.0 Å².